The second-order valence-electron chi connectivity index (χ2n) is 4.18. The molecule has 0 aliphatic rings. The van der Waals surface area contributed by atoms with Gasteiger partial charge in [-0.25, -0.2) is 8.42 Å². The molecule has 0 bridgehead atoms. The first kappa shape index (κ1) is 14.2. The molecule has 2 rings (SSSR count). The van der Waals surface area contributed by atoms with Crippen LogP contribution in [0.15, 0.2) is 21.9 Å². The van der Waals surface area contributed by atoms with Crippen LogP contribution in [-0.4, -0.2) is 35.1 Å². The lowest BCUT2D eigenvalue weighted by molar-refractivity contribution is 0.277. The Morgan fingerprint density at radius 2 is 2.26 bits per heavy atom. The van der Waals surface area contributed by atoms with Crippen molar-refractivity contribution < 1.29 is 13.5 Å². The summed E-state index contributed by atoms with van der Waals surface area (Å²) in [6.07, 6.45) is 0. The van der Waals surface area contributed by atoms with Gasteiger partial charge in [0.15, 0.2) is 5.03 Å². The Labute approximate surface area is 115 Å². The molecule has 0 aliphatic heterocycles. The number of nitrogens with one attached hydrogen (secondary N) is 1. The van der Waals surface area contributed by atoms with Crippen molar-refractivity contribution in [2.45, 2.75) is 25.1 Å². The lowest BCUT2D eigenvalue weighted by atomic mass is 10.3. The number of aliphatic hydroxyl groups is 1. The molecule has 104 valence electrons. The molecule has 19 heavy (non-hydrogen) atoms. The molecular weight excluding hydrogens is 286 g/mol. The summed E-state index contributed by atoms with van der Waals surface area (Å²) in [6.45, 7) is 1.60. The summed E-state index contributed by atoms with van der Waals surface area (Å²) in [7, 11) is -2.20. The molecule has 0 saturated heterocycles. The molecule has 0 aliphatic carbocycles. The lowest BCUT2D eigenvalue weighted by Crippen LogP contribution is -2.27. The first-order valence-corrected chi connectivity index (χ1v) is 7.97. The molecule has 0 spiro atoms. The van der Waals surface area contributed by atoms with E-state index in [0.29, 0.717) is 11.3 Å². The smallest absolute Gasteiger partial charge is 0.262 e. The van der Waals surface area contributed by atoms with Crippen LogP contribution in [0, 0.1) is 6.92 Å². The summed E-state index contributed by atoms with van der Waals surface area (Å²) in [5.74, 6) is 0. The van der Waals surface area contributed by atoms with Gasteiger partial charge in [-0.3, -0.25) is 5.10 Å². The molecule has 2 heterocycles. The molecule has 0 atom stereocenters. The van der Waals surface area contributed by atoms with E-state index in [-0.39, 0.29) is 18.2 Å². The standard InChI is InChI=1S/C11H15N3O3S2/c1-8-10(6-15)11(13-12-8)19(16,17)14(2)5-9-3-4-18-7-9/h3-4,7,15H,5-6H2,1-2H3,(H,12,13). The van der Waals surface area contributed by atoms with Crippen LogP contribution in [0.4, 0.5) is 0 Å². The molecule has 0 radical (unpaired) electrons. The highest BCUT2D eigenvalue weighted by Crippen LogP contribution is 2.21. The fourth-order valence-electron chi connectivity index (χ4n) is 1.70. The van der Waals surface area contributed by atoms with Crippen LogP contribution in [0.5, 0.6) is 0 Å². The number of H-pyrrole nitrogens is 1. The highest BCUT2D eigenvalue weighted by Gasteiger charge is 2.27. The Morgan fingerprint density at radius 3 is 2.84 bits per heavy atom. The minimum atomic E-state index is -3.70. The van der Waals surface area contributed by atoms with Gasteiger partial charge in [0.2, 0.25) is 0 Å². The minimum absolute atomic E-state index is 0.106. The number of thiophene rings is 1. The van der Waals surface area contributed by atoms with Gasteiger partial charge in [-0.1, -0.05) is 0 Å². The predicted octanol–water partition coefficient (Wildman–Crippen LogP) is 1.09. The fraction of sp³-hybridized carbons (Fsp3) is 0.364. The van der Waals surface area contributed by atoms with Crippen molar-refractivity contribution in [2.75, 3.05) is 7.05 Å². The normalized spacial score (nSPS) is 12.2. The maximum Gasteiger partial charge on any atom is 0.262 e. The molecular formula is C11H15N3O3S2. The number of aryl methyl sites for hydroxylation is 1. The van der Waals surface area contributed by atoms with Crippen molar-refractivity contribution in [3.8, 4) is 0 Å². The van der Waals surface area contributed by atoms with E-state index in [4.69, 9.17) is 0 Å². The molecule has 2 N–H and O–H groups in total. The van der Waals surface area contributed by atoms with Crippen molar-refractivity contribution in [3.63, 3.8) is 0 Å². The second-order valence-corrected chi connectivity index (χ2v) is 6.92. The predicted molar refractivity (Wildman–Crippen MR) is 72.2 cm³/mol. The zero-order valence-electron chi connectivity index (χ0n) is 10.6. The van der Waals surface area contributed by atoms with E-state index in [9.17, 15) is 13.5 Å². The molecule has 8 heteroatoms. The molecule has 0 saturated carbocycles. The van der Waals surface area contributed by atoms with Gasteiger partial charge in [-0.2, -0.15) is 20.7 Å². The van der Waals surface area contributed by atoms with Gasteiger partial charge < -0.3 is 5.11 Å². The van der Waals surface area contributed by atoms with E-state index in [1.165, 1.54) is 22.7 Å². The fourth-order valence-corrected chi connectivity index (χ4v) is 3.67. The topological polar surface area (TPSA) is 86.3 Å². The number of sulfonamides is 1. The van der Waals surface area contributed by atoms with Crippen LogP contribution in [-0.2, 0) is 23.2 Å². The highest BCUT2D eigenvalue weighted by molar-refractivity contribution is 7.89. The zero-order valence-corrected chi connectivity index (χ0v) is 12.3. The number of hydrogen-bond donors (Lipinski definition) is 2. The van der Waals surface area contributed by atoms with E-state index >= 15 is 0 Å². The maximum absolute atomic E-state index is 12.4. The van der Waals surface area contributed by atoms with E-state index in [1.807, 2.05) is 16.8 Å². The van der Waals surface area contributed by atoms with Crippen LogP contribution in [0.1, 0.15) is 16.8 Å². The third-order valence-corrected chi connectivity index (χ3v) is 5.34. The van der Waals surface area contributed by atoms with E-state index < -0.39 is 10.0 Å². The Balaban J connectivity index is 2.31. The SMILES string of the molecule is Cc1[nH]nc(S(=O)(=O)N(C)Cc2ccsc2)c1CO. The quantitative estimate of drug-likeness (QED) is 0.865. The Bertz CT molecular complexity index is 647. The number of nitrogens with zero attached hydrogens (tertiary/aromatic N) is 2. The summed E-state index contributed by atoms with van der Waals surface area (Å²) in [5, 5.41) is 19.3. The van der Waals surface area contributed by atoms with E-state index in [2.05, 4.69) is 10.2 Å². The van der Waals surface area contributed by atoms with Gasteiger partial charge in [0.25, 0.3) is 10.0 Å². The molecule has 6 nitrogen and oxygen atoms in total. The lowest BCUT2D eigenvalue weighted by Gasteiger charge is -2.15. The second kappa shape index (κ2) is 5.41. The molecule has 0 amide bonds. The third kappa shape index (κ3) is 2.71. The molecule has 2 aromatic heterocycles. The third-order valence-electron chi connectivity index (χ3n) is 2.83. The summed E-state index contributed by atoms with van der Waals surface area (Å²) in [6, 6.07) is 1.87. The van der Waals surface area contributed by atoms with Gasteiger partial charge in [-0.05, 0) is 29.3 Å². The number of aromatic amines is 1. The van der Waals surface area contributed by atoms with Crippen LogP contribution < -0.4 is 0 Å². The average Bonchev–Trinajstić information content (AvgIpc) is 2.98. The number of hydrogen-bond acceptors (Lipinski definition) is 5. The van der Waals surface area contributed by atoms with Crippen LogP contribution in [0.2, 0.25) is 0 Å². The summed E-state index contributed by atoms with van der Waals surface area (Å²) < 4.78 is 26.0. The van der Waals surface area contributed by atoms with Crippen molar-refractivity contribution in [2.24, 2.45) is 0 Å². The Hall–Kier alpha value is -1.22. The molecule has 2 aromatic rings. The van der Waals surface area contributed by atoms with Gasteiger partial charge in [0, 0.05) is 24.8 Å². The van der Waals surface area contributed by atoms with Gasteiger partial charge in [0.1, 0.15) is 0 Å². The van der Waals surface area contributed by atoms with Gasteiger partial charge >= 0.3 is 0 Å². The van der Waals surface area contributed by atoms with Crippen molar-refractivity contribution in [1.29, 1.82) is 0 Å². The summed E-state index contributed by atoms with van der Waals surface area (Å²) in [5.41, 5.74) is 1.80. The van der Waals surface area contributed by atoms with Gasteiger partial charge in [-0.15, -0.1) is 0 Å². The van der Waals surface area contributed by atoms with E-state index in [0.717, 1.165) is 5.56 Å². The van der Waals surface area contributed by atoms with Crippen molar-refractivity contribution in [3.05, 3.63) is 33.6 Å². The van der Waals surface area contributed by atoms with Gasteiger partial charge in [0.05, 0.1) is 6.61 Å². The van der Waals surface area contributed by atoms with E-state index in [1.54, 1.807) is 6.92 Å². The minimum Gasteiger partial charge on any atom is -0.392 e. The molecule has 0 fully saturated rings. The Kier molecular flexibility index (Phi) is 4.04. The van der Waals surface area contributed by atoms with Crippen molar-refractivity contribution >= 4 is 21.4 Å². The summed E-state index contributed by atoms with van der Waals surface area (Å²) in [4.78, 5) is 0. The largest absolute Gasteiger partial charge is 0.392 e. The highest BCUT2D eigenvalue weighted by atomic mass is 32.2. The molecule has 0 unspecified atom stereocenters. The molecule has 0 aromatic carbocycles. The maximum atomic E-state index is 12.4. The Morgan fingerprint density at radius 1 is 1.53 bits per heavy atom. The number of aliphatic hydroxyl groups excluding tert-OH is 1. The number of rotatable bonds is 5. The average molecular weight is 301 g/mol. The summed E-state index contributed by atoms with van der Waals surface area (Å²) >= 11 is 1.52. The number of aromatic nitrogens is 2. The zero-order chi connectivity index (χ0) is 14.0. The monoisotopic (exact) mass is 301 g/mol. The first-order valence-electron chi connectivity index (χ1n) is 5.59. The van der Waals surface area contributed by atoms with Crippen molar-refractivity contribution in [1.82, 2.24) is 14.5 Å². The van der Waals surface area contributed by atoms with Crippen LogP contribution >= 0.6 is 11.3 Å². The van der Waals surface area contributed by atoms with Crippen LogP contribution in [0.3, 0.4) is 0 Å². The van der Waals surface area contributed by atoms with Crippen LogP contribution in [0.25, 0.3) is 0 Å². The first-order chi connectivity index (χ1) is 8.96.